The van der Waals surface area contributed by atoms with Crippen molar-refractivity contribution in [1.29, 1.82) is 0 Å². The van der Waals surface area contributed by atoms with Gasteiger partial charge in [0, 0.05) is 25.8 Å². The highest BCUT2D eigenvalue weighted by atomic mass is 35.5. The monoisotopic (exact) mass is 360 g/mol. The van der Waals surface area contributed by atoms with E-state index in [1.165, 1.54) is 12.1 Å². The second-order valence-corrected chi connectivity index (χ2v) is 7.69. The van der Waals surface area contributed by atoms with E-state index in [4.69, 9.17) is 21.1 Å². The molecule has 0 N–H and O–H groups in total. The van der Waals surface area contributed by atoms with Crippen molar-refractivity contribution in [3.05, 3.63) is 23.5 Å². The number of nitrogens with zero attached hydrogens (tertiary/aromatic N) is 2. The van der Waals surface area contributed by atoms with Crippen LogP contribution in [0.15, 0.2) is 23.2 Å². The van der Waals surface area contributed by atoms with Crippen LogP contribution in [0.4, 0.5) is 0 Å². The smallest absolute Gasteiger partial charge is 0.268 e. The molecule has 0 aromatic carbocycles. The Morgan fingerprint density at radius 1 is 1.30 bits per heavy atom. The maximum absolute atomic E-state index is 12.5. The van der Waals surface area contributed by atoms with Gasteiger partial charge in [0.1, 0.15) is 16.2 Å². The molecule has 9 heteroatoms. The second kappa shape index (κ2) is 6.72. The first kappa shape index (κ1) is 16.6. The Labute approximate surface area is 139 Å². The predicted octanol–water partition coefficient (Wildman–Crippen LogP) is 1.57. The van der Waals surface area contributed by atoms with Crippen molar-refractivity contribution < 1.29 is 22.7 Å². The van der Waals surface area contributed by atoms with Gasteiger partial charge in [-0.3, -0.25) is 4.79 Å². The minimum Gasteiger partial charge on any atom is -0.353 e. The number of sulfonamides is 1. The summed E-state index contributed by atoms with van der Waals surface area (Å²) in [4.78, 5) is 16.1. The molecule has 2 atom stereocenters. The van der Waals surface area contributed by atoms with Crippen LogP contribution in [0.25, 0.3) is 0 Å². The van der Waals surface area contributed by atoms with Gasteiger partial charge in [-0.2, -0.15) is 0 Å². The van der Waals surface area contributed by atoms with E-state index in [1.54, 1.807) is 0 Å². The number of rotatable bonds is 4. The van der Waals surface area contributed by atoms with Crippen molar-refractivity contribution in [2.24, 2.45) is 0 Å². The van der Waals surface area contributed by atoms with Gasteiger partial charge in [0.2, 0.25) is 0 Å². The molecule has 1 aromatic heterocycles. The molecule has 1 amide bonds. The molecule has 0 bridgehead atoms. The molecule has 0 aliphatic carbocycles. The fourth-order valence-corrected chi connectivity index (χ4v) is 4.13. The molecule has 2 aliphatic heterocycles. The number of ether oxygens (including phenoxy) is 2. The van der Waals surface area contributed by atoms with E-state index in [1.807, 2.05) is 0 Å². The zero-order chi connectivity index (χ0) is 16.4. The van der Waals surface area contributed by atoms with Crippen molar-refractivity contribution in [2.75, 3.05) is 13.2 Å². The standard InChI is InChI=1S/C14H17ClN2O5S/c15-12-5-4-10(9-16-12)23(19,20)17-7-6-11(14(17)18)22-13-3-1-2-8-21-13/h4-5,9,11,13H,1-3,6-8H2/t11-,13?/m0/s1. The predicted molar refractivity (Wildman–Crippen MR) is 81.2 cm³/mol. The maximum atomic E-state index is 12.5. The Balaban J connectivity index is 1.71. The van der Waals surface area contributed by atoms with Gasteiger partial charge < -0.3 is 9.47 Å². The Hall–Kier alpha value is -1.22. The maximum Gasteiger partial charge on any atom is 0.268 e. The highest BCUT2D eigenvalue weighted by Gasteiger charge is 2.41. The molecule has 3 heterocycles. The van der Waals surface area contributed by atoms with Crippen LogP contribution in [0.1, 0.15) is 25.7 Å². The van der Waals surface area contributed by atoms with Crippen molar-refractivity contribution in [2.45, 2.75) is 43.0 Å². The van der Waals surface area contributed by atoms with E-state index in [9.17, 15) is 13.2 Å². The van der Waals surface area contributed by atoms with E-state index in [0.29, 0.717) is 13.0 Å². The molecule has 7 nitrogen and oxygen atoms in total. The first-order valence-electron chi connectivity index (χ1n) is 7.44. The second-order valence-electron chi connectivity index (χ2n) is 5.44. The third kappa shape index (κ3) is 3.50. The fourth-order valence-electron chi connectivity index (χ4n) is 2.64. The molecule has 1 unspecified atom stereocenters. The van der Waals surface area contributed by atoms with Crippen molar-refractivity contribution in [1.82, 2.24) is 9.29 Å². The van der Waals surface area contributed by atoms with Gasteiger partial charge in [-0.1, -0.05) is 11.6 Å². The number of amides is 1. The molecule has 2 saturated heterocycles. The number of hydrogen-bond donors (Lipinski definition) is 0. The number of carbonyl (C=O) groups is 1. The number of halogens is 1. The van der Waals surface area contributed by atoms with Gasteiger partial charge in [0.15, 0.2) is 6.29 Å². The van der Waals surface area contributed by atoms with Crippen LogP contribution in [-0.4, -0.2) is 49.2 Å². The minimum absolute atomic E-state index is 0.0650. The molecule has 0 saturated carbocycles. The van der Waals surface area contributed by atoms with E-state index < -0.39 is 28.3 Å². The summed E-state index contributed by atoms with van der Waals surface area (Å²) >= 11 is 5.66. The summed E-state index contributed by atoms with van der Waals surface area (Å²) < 4.78 is 37.0. The molecule has 2 aliphatic rings. The lowest BCUT2D eigenvalue weighted by Crippen LogP contribution is -2.38. The molecular formula is C14H17ClN2O5S. The first-order chi connectivity index (χ1) is 11.0. The van der Waals surface area contributed by atoms with Crippen molar-refractivity contribution >= 4 is 27.5 Å². The molecule has 1 aromatic rings. The number of hydrogen-bond acceptors (Lipinski definition) is 6. The highest BCUT2D eigenvalue weighted by Crippen LogP contribution is 2.26. The van der Waals surface area contributed by atoms with Gasteiger partial charge in [-0.25, -0.2) is 17.7 Å². The SMILES string of the molecule is O=C1[C@@H](OC2CCCCO2)CCN1S(=O)(=O)c1ccc(Cl)nc1. The van der Waals surface area contributed by atoms with Crippen LogP contribution in [0.3, 0.4) is 0 Å². The van der Waals surface area contributed by atoms with Gasteiger partial charge in [0.05, 0.1) is 0 Å². The normalized spacial score (nSPS) is 25.8. The van der Waals surface area contributed by atoms with E-state index in [2.05, 4.69) is 4.98 Å². The first-order valence-corrected chi connectivity index (χ1v) is 9.25. The van der Waals surface area contributed by atoms with Gasteiger partial charge >= 0.3 is 0 Å². The van der Waals surface area contributed by atoms with Crippen LogP contribution in [0, 0.1) is 0 Å². The van der Waals surface area contributed by atoms with Gasteiger partial charge in [-0.15, -0.1) is 0 Å². The Morgan fingerprint density at radius 2 is 2.13 bits per heavy atom. The van der Waals surface area contributed by atoms with Crippen LogP contribution in [0.2, 0.25) is 5.15 Å². The number of aromatic nitrogens is 1. The molecular weight excluding hydrogens is 344 g/mol. The van der Waals surface area contributed by atoms with E-state index in [0.717, 1.165) is 29.8 Å². The summed E-state index contributed by atoms with van der Waals surface area (Å²) in [6.07, 6.45) is 2.91. The summed E-state index contributed by atoms with van der Waals surface area (Å²) in [5.41, 5.74) is 0. The number of pyridine rings is 1. The molecule has 2 fully saturated rings. The molecule has 23 heavy (non-hydrogen) atoms. The van der Waals surface area contributed by atoms with Crippen LogP contribution in [0.5, 0.6) is 0 Å². The third-order valence-electron chi connectivity index (χ3n) is 3.86. The lowest BCUT2D eigenvalue weighted by Gasteiger charge is -2.25. The summed E-state index contributed by atoms with van der Waals surface area (Å²) in [5.74, 6) is -0.561. The lowest BCUT2D eigenvalue weighted by atomic mass is 10.2. The summed E-state index contributed by atoms with van der Waals surface area (Å²) in [6.45, 7) is 0.686. The summed E-state index contributed by atoms with van der Waals surface area (Å²) in [7, 11) is -3.94. The molecule has 126 valence electrons. The largest absolute Gasteiger partial charge is 0.353 e. The highest BCUT2D eigenvalue weighted by molar-refractivity contribution is 7.89. The van der Waals surface area contributed by atoms with Gasteiger partial charge in [-0.05, 0) is 31.4 Å². The summed E-state index contributed by atoms with van der Waals surface area (Å²) in [5, 5.41) is 0.187. The van der Waals surface area contributed by atoms with Crippen LogP contribution >= 0.6 is 11.6 Å². The lowest BCUT2D eigenvalue weighted by molar-refractivity contribution is -0.190. The molecule has 3 rings (SSSR count). The average Bonchev–Trinajstić information content (AvgIpc) is 2.90. The Morgan fingerprint density at radius 3 is 2.78 bits per heavy atom. The molecule has 0 radical (unpaired) electrons. The topological polar surface area (TPSA) is 85.8 Å². The molecule has 0 spiro atoms. The number of carbonyl (C=O) groups excluding carboxylic acids is 1. The van der Waals surface area contributed by atoms with Crippen LogP contribution in [-0.2, 0) is 24.3 Å². The fraction of sp³-hybridized carbons (Fsp3) is 0.571. The zero-order valence-electron chi connectivity index (χ0n) is 12.4. The van der Waals surface area contributed by atoms with E-state index in [-0.39, 0.29) is 16.6 Å². The Bertz CT molecular complexity index is 673. The Kier molecular flexibility index (Phi) is 4.86. The van der Waals surface area contributed by atoms with Crippen LogP contribution < -0.4 is 0 Å². The minimum atomic E-state index is -3.94. The third-order valence-corrected chi connectivity index (χ3v) is 5.86. The van der Waals surface area contributed by atoms with E-state index >= 15 is 0 Å². The summed E-state index contributed by atoms with van der Waals surface area (Å²) in [6, 6.07) is 2.70. The van der Waals surface area contributed by atoms with Crippen molar-refractivity contribution in [3.63, 3.8) is 0 Å². The zero-order valence-corrected chi connectivity index (χ0v) is 13.9. The van der Waals surface area contributed by atoms with Crippen molar-refractivity contribution in [3.8, 4) is 0 Å². The quantitative estimate of drug-likeness (QED) is 0.757. The van der Waals surface area contributed by atoms with Gasteiger partial charge in [0.25, 0.3) is 15.9 Å². The average molecular weight is 361 g/mol.